The molecule has 0 radical (unpaired) electrons. The van der Waals surface area contributed by atoms with Gasteiger partial charge in [-0.1, -0.05) is 205 Å². The number of anilines is 6. The van der Waals surface area contributed by atoms with E-state index in [9.17, 15) is 0 Å². The molecule has 0 spiro atoms. The molecular formula is C72H57N3O2. The van der Waals surface area contributed by atoms with Crippen molar-refractivity contribution in [2.24, 2.45) is 0 Å². The molecule has 15 aromatic rings. The lowest BCUT2D eigenvalue weighted by atomic mass is 9.86. The van der Waals surface area contributed by atoms with Crippen molar-refractivity contribution >= 4 is 138 Å². The van der Waals surface area contributed by atoms with Gasteiger partial charge in [0.05, 0.1) is 39.3 Å². The monoisotopic (exact) mass is 995 g/mol. The summed E-state index contributed by atoms with van der Waals surface area (Å²) in [6.07, 6.45) is 0. The summed E-state index contributed by atoms with van der Waals surface area (Å²) in [6.45, 7) is 18.1. The third-order valence-corrected chi connectivity index (χ3v) is 16.5. The van der Waals surface area contributed by atoms with Crippen LogP contribution in [0.5, 0.6) is 0 Å². The van der Waals surface area contributed by atoms with Crippen LogP contribution >= 0.6 is 0 Å². The molecule has 0 bridgehead atoms. The van der Waals surface area contributed by atoms with Gasteiger partial charge < -0.3 is 23.0 Å². The van der Waals surface area contributed by atoms with Crippen LogP contribution in [-0.2, 0) is 10.8 Å². The molecule has 0 atom stereocenters. The van der Waals surface area contributed by atoms with Crippen LogP contribution in [0.15, 0.2) is 209 Å². The minimum absolute atomic E-state index is 0.117. The van der Waals surface area contributed by atoms with E-state index in [-0.39, 0.29) is 10.8 Å². The Hall–Kier alpha value is -9.06. The van der Waals surface area contributed by atoms with Gasteiger partial charge in [0.1, 0.15) is 11.2 Å². The van der Waals surface area contributed by atoms with E-state index in [2.05, 4.69) is 270 Å². The van der Waals surface area contributed by atoms with E-state index in [0.29, 0.717) is 0 Å². The van der Waals surface area contributed by atoms with Gasteiger partial charge in [0.2, 0.25) is 0 Å². The number of fused-ring (bicyclic) bond motifs is 14. The van der Waals surface area contributed by atoms with Crippen molar-refractivity contribution in [2.75, 3.05) is 9.80 Å². The predicted molar refractivity (Wildman–Crippen MR) is 327 cm³/mol. The lowest BCUT2D eigenvalue weighted by Crippen LogP contribution is -2.13. The summed E-state index contributed by atoms with van der Waals surface area (Å²) in [6, 6.07) is 73.8. The third kappa shape index (κ3) is 6.47. The molecule has 11 aromatic carbocycles. The number of rotatable bonds is 6. The summed E-state index contributed by atoms with van der Waals surface area (Å²) in [4.78, 5) is 5.01. The summed E-state index contributed by atoms with van der Waals surface area (Å²) in [7, 11) is 0. The molecule has 0 aliphatic rings. The average Bonchev–Trinajstić information content (AvgIpc) is 4.22. The van der Waals surface area contributed by atoms with E-state index in [1.165, 1.54) is 49.3 Å². The quantitative estimate of drug-likeness (QED) is 0.166. The van der Waals surface area contributed by atoms with E-state index in [1.807, 2.05) is 0 Å². The molecule has 372 valence electrons. The van der Waals surface area contributed by atoms with Crippen molar-refractivity contribution in [1.82, 2.24) is 4.40 Å². The number of benzene rings is 11. The van der Waals surface area contributed by atoms with Gasteiger partial charge in [0.15, 0.2) is 11.2 Å². The summed E-state index contributed by atoms with van der Waals surface area (Å²) < 4.78 is 17.1. The Morgan fingerprint density at radius 2 is 0.675 bits per heavy atom. The number of aryl methyl sites for hydroxylation is 2. The number of para-hydroxylation sites is 7. The van der Waals surface area contributed by atoms with Gasteiger partial charge >= 0.3 is 0 Å². The first-order chi connectivity index (χ1) is 37.3. The maximum atomic E-state index is 7.26. The zero-order chi connectivity index (χ0) is 52.2. The Labute approximate surface area is 447 Å². The molecule has 5 heteroatoms. The maximum Gasteiger partial charge on any atom is 0.159 e. The Morgan fingerprint density at radius 1 is 0.338 bits per heavy atom. The predicted octanol–water partition coefficient (Wildman–Crippen LogP) is 21.1. The lowest BCUT2D eigenvalue weighted by molar-refractivity contribution is 0.572. The molecule has 0 unspecified atom stereocenters. The van der Waals surface area contributed by atoms with Crippen LogP contribution < -0.4 is 9.80 Å². The fourth-order valence-electron chi connectivity index (χ4n) is 13.0. The second kappa shape index (κ2) is 16.2. The fourth-order valence-corrected chi connectivity index (χ4v) is 13.0. The second-order valence-corrected chi connectivity index (χ2v) is 23.3. The highest BCUT2D eigenvalue weighted by Crippen LogP contribution is 2.56. The smallest absolute Gasteiger partial charge is 0.159 e. The van der Waals surface area contributed by atoms with E-state index in [1.54, 1.807) is 0 Å². The van der Waals surface area contributed by atoms with Crippen LogP contribution in [0.1, 0.15) is 63.8 Å². The van der Waals surface area contributed by atoms with Gasteiger partial charge in [-0.25, -0.2) is 0 Å². The maximum absolute atomic E-state index is 7.26. The van der Waals surface area contributed by atoms with Crippen LogP contribution in [0.4, 0.5) is 34.1 Å². The van der Waals surface area contributed by atoms with Crippen LogP contribution in [0.3, 0.4) is 0 Å². The van der Waals surface area contributed by atoms with Crippen LogP contribution in [0.25, 0.3) is 104 Å². The molecule has 0 aliphatic heterocycles. The van der Waals surface area contributed by atoms with E-state index in [4.69, 9.17) is 8.83 Å². The van der Waals surface area contributed by atoms with Crippen LogP contribution in [0.2, 0.25) is 0 Å². The van der Waals surface area contributed by atoms with Crippen molar-refractivity contribution in [3.63, 3.8) is 0 Å². The number of nitrogens with zero attached hydrogens (tertiary/aromatic N) is 3. The van der Waals surface area contributed by atoms with Crippen LogP contribution in [0, 0.1) is 13.8 Å². The van der Waals surface area contributed by atoms with Gasteiger partial charge in [-0.15, -0.1) is 0 Å². The summed E-state index contributed by atoms with van der Waals surface area (Å²) in [5.41, 5.74) is 18.0. The molecule has 4 heterocycles. The summed E-state index contributed by atoms with van der Waals surface area (Å²) >= 11 is 0. The van der Waals surface area contributed by atoms with Gasteiger partial charge in [-0.05, 0) is 83.0 Å². The largest absolute Gasteiger partial charge is 0.454 e. The lowest BCUT2D eigenvalue weighted by Gasteiger charge is -2.30. The Bertz CT molecular complexity index is 4630. The van der Waals surface area contributed by atoms with Crippen LogP contribution in [-0.4, -0.2) is 4.40 Å². The third-order valence-electron chi connectivity index (χ3n) is 16.5. The number of hydrogen-bond acceptors (Lipinski definition) is 4. The topological polar surface area (TPSA) is 37.2 Å². The van der Waals surface area contributed by atoms with Crippen molar-refractivity contribution in [2.45, 2.75) is 66.2 Å². The number of aromatic nitrogens is 1. The zero-order valence-electron chi connectivity index (χ0n) is 44.7. The SMILES string of the molecule is Cc1ccccc1N(c1cccc2c1oc1c(C(C)(C)C)cccc12)c1c2ccccc2cc2c1c1cccc3c4c(N(c5ccccc5C)c5cccc6c5oc5c(C(C)(C)C)cccc56)c5ccccc5cc4n2c13. The first kappa shape index (κ1) is 45.3. The molecule has 0 N–H and O–H groups in total. The van der Waals surface area contributed by atoms with Crippen molar-refractivity contribution in [3.05, 3.63) is 222 Å². The molecule has 5 nitrogen and oxygen atoms in total. The van der Waals surface area contributed by atoms with Gasteiger partial charge in [0.25, 0.3) is 0 Å². The molecule has 0 saturated carbocycles. The molecule has 77 heavy (non-hydrogen) atoms. The molecule has 0 amide bonds. The van der Waals surface area contributed by atoms with Crippen molar-refractivity contribution in [3.8, 4) is 0 Å². The van der Waals surface area contributed by atoms with E-state index < -0.39 is 0 Å². The first-order valence-corrected chi connectivity index (χ1v) is 27.0. The highest BCUT2D eigenvalue weighted by atomic mass is 16.3. The number of hydrogen-bond donors (Lipinski definition) is 0. The standard InChI is InChI=1S/C72H57N3O2/c1-42-22-9-15-36-56(42)73(58-38-20-30-50-48-28-18-34-54(71(3,4)5)67(48)76-69(50)58)65-46-26-13-11-24-44(46)40-60-62(65)52-32-17-33-53-63-61(75(60)64(52)53)41-45-25-12-14-27-47(45)66(63)74(57-37-16-10-23-43(57)2)59-39-21-31-51-49-29-19-35-55(72(6,7)8)68(49)77-70(51)59/h9-41H,1-8H3. The normalized spacial score (nSPS) is 12.7. The Kier molecular flexibility index (Phi) is 9.55. The van der Waals surface area contributed by atoms with Crippen molar-refractivity contribution in [1.29, 1.82) is 0 Å². The molecule has 4 aromatic heterocycles. The molecule has 0 fully saturated rings. The second-order valence-electron chi connectivity index (χ2n) is 23.3. The fraction of sp³-hybridized carbons (Fsp3) is 0.139. The summed E-state index contributed by atoms with van der Waals surface area (Å²) in [5.74, 6) is 0. The molecular weight excluding hydrogens is 939 g/mol. The van der Waals surface area contributed by atoms with E-state index in [0.717, 1.165) is 111 Å². The number of furan rings is 2. The highest BCUT2D eigenvalue weighted by Gasteiger charge is 2.32. The average molecular weight is 996 g/mol. The van der Waals surface area contributed by atoms with Gasteiger partial charge in [0, 0.05) is 76.4 Å². The summed E-state index contributed by atoms with van der Waals surface area (Å²) in [5, 5.41) is 13.8. The minimum Gasteiger partial charge on any atom is -0.454 e. The molecule has 0 saturated heterocycles. The van der Waals surface area contributed by atoms with Crippen molar-refractivity contribution < 1.29 is 8.83 Å². The highest BCUT2D eigenvalue weighted by molar-refractivity contribution is 6.34. The molecule has 15 rings (SSSR count). The minimum atomic E-state index is -0.117. The molecule has 0 aliphatic carbocycles. The first-order valence-electron chi connectivity index (χ1n) is 27.0. The Morgan fingerprint density at radius 3 is 1.10 bits per heavy atom. The van der Waals surface area contributed by atoms with E-state index >= 15 is 0 Å². The Balaban J connectivity index is 1.09. The van der Waals surface area contributed by atoms with Gasteiger partial charge in [-0.2, -0.15) is 0 Å². The van der Waals surface area contributed by atoms with Gasteiger partial charge in [-0.3, -0.25) is 0 Å². The zero-order valence-corrected chi connectivity index (χ0v) is 44.7.